The van der Waals surface area contributed by atoms with Gasteiger partial charge in [0.15, 0.2) is 11.5 Å². The molecule has 1 fully saturated rings. The van der Waals surface area contributed by atoms with Crippen molar-refractivity contribution in [2.45, 2.75) is 24.7 Å². The highest BCUT2D eigenvalue weighted by Gasteiger charge is 2.33. The van der Waals surface area contributed by atoms with Crippen molar-refractivity contribution >= 4 is 21.6 Å². The molecule has 4 rings (SSSR count). The molecule has 0 aliphatic carbocycles. The van der Waals surface area contributed by atoms with Gasteiger partial charge in [-0.15, -0.1) is 0 Å². The number of nitrogens with one attached hydrogen (secondary N) is 1. The second kappa shape index (κ2) is 8.76. The first kappa shape index (κ1) is 21.5. The number of hydrogen-bond donors (Lipinski definition) is 1. The number of carbonyl (C=O) groups is 1. The normalized spacial score (nSPS) is 19.0. The molecule has 0 radical (unpaired) electrons. The van der Waals surface area contributed by atoms with Crippen LogP contribution in [0.5, 0.6) is 17.2 Å². The Hall–Kier alpha value is -2.78. The fraction of sp³-hybridized carbons (Fsp3) is 0.409. The van der Waals surface area contributed by atoms with Crippen LogP contribution in [0.25, 0.3) is 0 Å². The molecule has 2 aliphatic rings. The van der Waals surface area contributed by atoms with Crippen LogP contribution in [0, 0.1) is 12.8 Å². The highest BCUT2D eigenvalue weighted by molar-refractivity contribution is 7.89. The summed E-state index contributed by atoms with van der Waals surface area (Å²) in [5.74, 6) is 1.23. The summed E-state index contributed by atoms with van der Waals surface area (Å²) < 4.78 is 44.0. The number of aryl methyl sites for hydroxylation is 1. The molecule has 2 heterocycles. The number of anilines is 1. The molecule has 1 amide bonds. The second-order valence-electron chi connectivity index (χ2n) is 7.68. The zero-order valence-corrected chi connectivity index (χ0v) is 18.4. The maximum Gasteiger partial charge on any atom is 0.243 e. The van der Waals surface area contributed by atoms with Crippen LogP contribution in [0.4, 0.5) is 5.69 Å². The Labute approximate surface area is 182 Å². The summed E-state index contributed by atoms with van der Waals surface area (Å²) in [6, 6.07) is 10.0. The van der Waals surface area contributed by atoms with Crippen LogP contribution >= 0.6 is 0 Å². The Morgan fingerprint density at radius 2 is 1.90 bits per heavy atom. The summed E-state index contributed by atoms with van der Waals surface area (Å²) in [5.41, 5.74) is 1.34. The van der Waals surface area contributed by atoms with E-state index >= 15 is 0 Å². The fourth-order valence-electron chi connectivity index (χ4n) is 3.90. The van der Waals surface area contributed by atoms with E-state index < -0.39 is 15.9 Å². The molecule has 1 N–H and O–H groups in total. The van der Waals surface area contributed by atoms with Gasteiger partial charge in [0.2, 0.25) is 15.9 Å². The first-order valence-corrected chi connectivity index (χ1v) is 11.7. The lowest BCUT2D eigenvalue weighted by Gasteiger charge is -2.31. The number of carbonyl (C=O) groups excluding carboxylic acids is 1. The summed E-state index contributed by atoms with van der Waals surface area (Å²) in [7, 11) is -2.15. The number of benzene rings is 2. The average molecular weight is 447 g/mol. The second-order valence-corrected chi connectivity index (χ2v) is 9.62. The maximum absolute atomic E-state index is 13.1. The van der Waals surface area contributed by atoms with Crippen LogP contribution < -0.4 is 19.5 Å². The van der Waals surface area contributed by atoms with Crippen LogP contribution in [0.1, 0.15) is 18.4 Å². The Balaban J connectivity index is 1.46. The molecule has 1 atom stereocenters. The van der Waals surface area contributed by atoms with Crippen LogP contribution in [0.15, 0.2) is 41.3 Å². The van der Waals surface area contributed by atoms with E-state index in [9.17, 15) is 13.2 Å². The fourth-order valence-corrected chi connectivity index (χ4v) is 5.51. The van der Waals surface area contributed by atoms with E-state index in [0.29, 0.717) is 55.5 Å². The molecule has 0 saturated carbocycles. The van der Waals surface area contributed by atoms with Crippen molar-refractivity contribution in [2.75, 3.05) is 38.7 Å². The van der Waals surface area contributed by atoms with Gasteiger partial charge in [-0.2, -0.15) is 4.31 Å². The molecular formula is C22H26N2O6S. The van der Waals surface area contributed by atoms with E-state index in [-0.39, 0.29) is 17.3 Å². The van der Waals surface area contributed by atoms with Crippen LogP contribution in [-0.4, -0.2) is 52.0 Å². The molecule has 0 bridgehead atoms. The minimum Gasteiger partial charge on any atom is -0.496 e. The number of nitrogens with zero attached hydrogens (tertiary/aromatic N) is 1. The molecular weight excluding hydrogens is 420 g/mol. The van der Waals surface area contributed by atoms with Gasteiger partial charge in [0.1, 0.15) is 19.0 Å². The zero-order valence-electron chi connectivity index (χ0n) is 17.6. The molecule has 1 saturated heterocycles. The van der Waals surface area contributed by atoms with Gasteiger partial charge in [0.25, 0.3) is 0 Å². The average Bonchev–Trinajstić information content (AvgIpc) is 2.79. The van der Waals surface area contributed by atoms with Crippen molar-refractivity contribution in [3.05, 3.63) is 42.0 Å². The van der Waals surface area contributed by atoms with Gasteiger partial charge < -0.3 is 19.5 Å². The van der Waals surface area contributed by atoms with Gasteiger partial charge in [0.05, 0.1) is 17.9 Å². The Kier molecular flexibility index (Phi) is 6.06. The highest BCUT2D eigenvalue weighted by atomic mass is 32.2. The van der Waals surface area contributed by atoms with Crippen LogP contribution in [0.3, 0.4) is 0 Å². The highest BCUT2D eigenvalue weighted by Crippen LogP contribution is 2.33. The number of fused-ring (bicyclic) bond motifs is 1. The molecule has 8 nitrogen and oxygen atoms in total. The summed E-state index contributed by atoms with van der Waals surface area (Å²) in [5, 5.41) is 2.89. The van der Waals surface area contributed by atoms with E-state index in [1.165, 1.54) is 4.31 Å². The number of piperidine rings is 1. The summed E-state index contributed by atoms with van der Waals surface area (Å²) in [4.78, 5) is 13.1. The minimum absolute atomic E-state index is 0.143. The predicted octanol–water partition coefficient (Wildman–Crippen LogP) is 2.81. The third kappa shape index (κ3) is 4.47. The number of ether oxygens (including phenoxy) is 3. The third-order valence-corrected chi connectivity index (χ3v) is 7.43. The maximum atomic E-state index is 13.1. The Morgan fingerprint density at radius 1 is 1.13 bits per heavy atom. The van der Waals surface area contributed by atoms with Crippen molar-refractivity contribution in [3.63, 3.8) is 0 Å². The van der Waals surface area contributed by atoms with Gasteiger partial charge in [-0.3, -0.25) is 4.79 Å². The molecule has 31 heavy (non-hydrogen) atoms. The first-order chi connectivity index (χ1) is 14.9. The minimum atomic E-state index is -3.70. The molecule has 2 aliphatic heterocycles. The number of rotatable bonds is 5. The van der Waals surface area contributed by atoms with Crippen molar-refractivity contribution < 1.29 is 27.4 Å². The molecule has 9 heteroatoms. The summed E-state index contributed by atoms with van der Waals surface area (Å²) in [6.07, 6.45) is 1.25. The molecule has 0 spiro atoms. The lowest BCUT2D eigenvalue weighted by Crippen LogP contribution is -2.43. The summed E-state index contributed by atoms with van der Waals surface area (Å²) >= 11 is 0. The molecule has 0 aromatic heterocycles. The van der Waals surface area contributed by atoms with Gasteiger partial charge >= 0.3 is 0 Å². The topological polar surface area (TPSA) is 94.2 Å². The third-order valence-electron chi connectivity index (χ3n) is 5.57. The molecule has 2 aromatic rings. The van der Waals surface area contributed by atoms with E-state index in [0.717, 1.165) is 5.56 Å². The largest absolute Gasteiger partial charge is 0.496 e. The number of methoxy groups -OCH3 is 1. The van der Waals surface area contributed by atoms with Gasteiger partial charge in [0, 0.05) is 24.8 Å². The van der Waals surface area contributed by atoms with E-state index in [2.05, 4.69) is 5.32 Å². The van der Waals surface area contributed by atoms with Crippen molar-refractivity contribution in [3.8, 4) is 17.2 Å². The monoisotopic (exact) mass is 446 g/mol. The standard InChI is InChI=1S/C22H26N2O6S/c1-15-12-18(6-8-19(15)28-2)31(26,27)24-9-3-4-16(14-24)22(25)23-17-5-7-20-21(13-17)30-11-10-29-20/h5-8,12-13,16H,3-4,9-11,14H2,1-2H3,(H,23,25)/t16-/m1/s1. The molecule has 2 aromatic carbocycles. The van der Waals surface area contributed by atoms with Gasteiger partial charge in [-0.05, 0) is 55.7 Å². The first-order valence-electron chi connectivity index (χ1n) is 10.2. The Morgan fingerprint density at radius 3 is 2.65 bits per heavy atom. The van der Waals surface area contributed by atoms with E-state index in [1.54, 1.807) is 50.4 Å². The summed E-state index contributed by atoms with van der Waals surface area (Å²) in [6.45, 7) is 3.30. The molecule has 166 valence electrons. The van der Waals surface area contributed by atoms with Crippen LogP contribution in [0.2, 0.25) is 0 Å². The van der Waals surface area contributed by atoms with Gasteiger partial charge in [-0.25, -0.2) is 8.42 Å². The van der Waals surface area contributed by atoms with E-state index in [1.807, 2.05) is 0 Å². The predicted molar refractivity (Wildman–Crippen MR) is 115 cm³/mol. The van der Waals surface area contributed by atoms with Crippen LogP contribution in [-0.2, 0) is 14.8 Å². The zero-order chi connectivity index (χ0) is 22.0. The smallest absolute Gasteiger partial charge is 0.243 e. The van der Waals surface area contributed by atoms with Gasteiger partial charge in [-0.1, -0.05) is 0 Å². The lowest BCUT2D eigenvalue weighted by atomic mass is 9.98. The SMILES string of the molecule is COc1ccc(S(=O)(=O)N2CCC[C@@H](C(=O)Nc3ccc4c(c3)OCCO4)C2)cc1C. The number of sulfonamides is 1. The molecule has 0 unspecified atom stereocenters. The Bertz CT molecular complexity index is 1090. The van der Waals surface area contributed by atoms with Crippen molar-refractivity contribution in [1.82, 2.24) is 4.31 Å². The quantitative estimate of drug-likeness (QED) is 0.759. The van der Waals surface area contributed by atoms with Crippen molar-refractivity contribution in [2.24, 2.45) is 5.92 Å². The van der Waals surface area contributed by atoms with Crippen molar-refractivity contribution in [1.29, 1.82) is 0 Å². The lowest BCUT2D eigenvalue weighted by molar-refractivity contribution is -0.120. The number of amides is 1. The van der Waals surface area contributed by atoms with E-state index in [4.69, 9.17) is 14.2 Å². The number of hydrogen-bond acceptors (Lipinski definition) is 6.